The number of benzene rings is 1. The zero-order valence-corrected chi connectivity index (χ0v) is 23.8. The lowest BCUT2D eigenvalue weighted by Crippen LogP contribution is -2.50. The fourth-order valence-corrected chi connectivity index (χ4v) is 6.10. The molecule has 1 amide bonds. The number of amides is 1. The second kappa shape index (κ2) is 10.5. The first-order chi connectivity index (χ1) is 18.4. The Morgan fingerprint density at radius 3 is 2.46 bits per heavy atom. The number of hydrogen-bond acceptors (Lipinski definition) is 8. The first-order valence-electron chi connectivity index (χ1n) is 13.1. The first-order valence-corrected chi connectivity index (χ1v) is 15.0. The molecule has 2 aliphatic heterocycles. The molecule has 2 N–H and O–H groups in total. The summed E-state index contributed by atoms with van der Waals surface area (Å²) < 4.78 is 25.6. The molecule has 10 nitrogen and oxygen atoms in total. The molecule has 4 heterocycles. The fraction of sp³-hybridized carbons (Fsp3) is 0.429. The van der Waals surface area contributed by atoms with Crippen LogP contribution >= 0.6 is 0 Å². The average molecular weight is 550 g/mol. The number of hydrogen-bond donors (Lipinski definition) is 2. The molecule has 1 fully saturated rings. The molecule has 3 aromatic rings. The second-order valence-corrected chi connectivity index (χ2v) is 12.6. The summed E-state index contributed by atoms with van der Waals surface area (Å²) in [7, 11) is -3.49. The molecule has 1 saturated heterocycles. The maximum atomic E-state index is 13.5. The Hall–Kier alpha value is -3.57. The molecule has 39 heavy (non-hydrogen) atoms. The van der Waals surface area contributed by atoms with Crippen molar-refractivity contribution in [3.05, 3.63) is 70.2 Å². The number of aryl methyl sites for hydroxylation is 3. The van der Waals surface area contributed by atoms with Crippen molar-refractivity contribution in [1.29, 1.82) is 0 Å². The quantitative estimate of drug-likeness (QED) is 0.475. The minimum absolute atomic E-state index is 0.0340. The van der Waals surface area contributed by atoms with Gasteiger partial charge in [0.05, 0.1) is 11.9 Å². The molecule has 0 bridgehead atoms. The van der Waals surface area contributed by atoms with Crippen LogP contribution in [0.25, 0.3) is 0 Å². The lowest BCUT2D eigenvalue weighted by Gasteiger charge is -2.41. The minimum Gasteiger partial charge on any atom is -0.336 e. The summed E-state index contributed by atoms with van der Waals surface area (Å²) in [4.78, 5) is 31.3. The predicted octanol–water partition coefficient (Wildman–Crippen LogP) is 3.92. The van der Waals surface area contributed by atoms with Crippen molar-refractivity contribution in [3.63, 3.8) is 0 Å². The van der Waals surface area contributed by atoms with Gasteiger partial charge in [0.2, 0.25) is 16.0 Å². The number of likely N-dealkylation sites (tertiary alicyclic amines) is 1. The number of nitrogens with one attached hydrogen (secondary N) is 2. The van der Waals surface area contributed by atoms with Crippen LogP contribution in [-0.2, 0) is 23.1 Å². The molecule has 2 aromatic heterocycles. The third-order valence-electron chi connectivity index (χ3n) is 7.41. The van der Waals surface area contributed by atoms with Gasteiger partial charge in [-0.15, -0.1) is 0 Å². The molecule has 2 aliphatic rings. The highest BCUT2D eigenvalue weighted by molar-refractivity contribution is 7.92. The fourth-order valence-electron chi connectivity index (χ4n) is 5.61. The number of piperidine rings is 1. The number of rotatable bonds is 6. The highest BCUT2D eigenvalue weighted by Crippen LogP contribution is 2.31. The van der Waals surface area contributed by atoms with Gasteiger partial charge in [-0.2, -0.15) is 0 Å². The number of anilines is 3. The van der Waals surface area contributed by atoms with Crippen molar-refractivity contribution < 1.29 is 13.2 Å². The van der Waals surface area contributed by atoms with Crippen molar-refractivity contribution in [1.82, 2.24) is 24.8 Å². The van der Waals surface area contributed by atoms with E-state index in [-0.39, 0.29) is 17.8 Å². The van der Waals surface area contributed by atoms with E-state index in [1.54, 1.807) is 0 Å². The molecule has 0 aliphatic carbocycles. The van der Waals surface area contributed by atoms with Gasteiger partial charge in [-0.3, -0.25) is 14.4 Å². The number of fused-ring (bicyclic) bond motifs is 1. The topological polar surface area (TPSA) is 120 Å². The van der Waals surface area contributed by atoms with E-state index >= 15 is 0 Å². The van der Waals surface area contributed by atoms with Crippen LogP contribution in [0.2, 0.25) is 0 Å². The number of carbonyl (C=O) groups is 1. The SMILES string of the molecule is Cc1cc(C)cc(Nc2ncc3c(n2)CN([C@@H]2CCN(C(=O)c4cc(NS(C)(=O)=O)ncc4C)[C@H](C)C2)C3)c1. The summed E-state index contributed by atoms with van der Waals surface area (Å²) in [5.41, 5.74) is 6.73. The van der Waals surface area contributed by atoms with E-state index in [1.807, 2.05) is 18.0 Å². The van der Waals surface area contributed by atoms with Crippen molar-refractivity contribution in [3.8, 4) is 0 Å². The molecule has 0 saturated carbocycles. The first kappa shape index (κ1) is 27.0. The Kier molecular flexibility index (Phi) is 7.30. The van der Waals surface area contributed by atoms with Gasteiger partial charge in [0.15, 0.2) is 0 Å². The lowest BCUT2D eigenvalue weighted by atomic mass is 9.95. The Balaban J connectivity index is 1.23. The Labute approximate surface area is 229 Å². The van der Waals surface area contributed by atoms with Crippen LogP contribution in [0.5, 0.6) is 0 Å². The molecule has 2 atom stereocenters. The summed E-state index contributed by atoms with van der Waals surface area (Å²) in [5.74, 6) is 0.651. The average Bonchev–Trinajstić information content (AvgIpc) is 3.27. The minimum atomic E-state index is -3.49. The zero-order chi connectivity index (χ0) is 27.9. The van der Waals surface area contributed by atoms with E-state index in [2.05, 4.69) is 63.9 Å². The number of nitrogens with zero attached hydrogens (tertiary/aromatic N) is 5. The summed E-state index contributed by atoms with van der Waals surface area (Å²) >= 11 is 0. The van der Waals surface area contributed by atoms with Crippen LogP contribution in [0.3, 0.4) is 0 Å². The largest absolute Gasteiger partial charge is 0.336 e. The molecular formula is C28H35N7O3S. The molecule has 0 unspecified atom stereocenters. The molecular weight excluding hydrogens is 514 g/mol. The number of aromatic nitrogens is 3. The van der Waals surface area contributed by atoms with Crippen molar-refractivity contribution >= 4 is 33.4 Å². The van der Waals surface area contributed by atoms with E-state index in [0.717, 1.165) is 49.1 Å². The van der Waals surface area contributed by atoms with E-state index in [1.165, 1.54) is 23.4 Å². The highest BCUT2D eigenvalue weighted by Gasteiger charge is 2.35. The molecule has 206 valence electrons. The van der Waals surface area contributed by atoms with Gasteiger partial charge in [-0.1, -0.05) is 6.07 Å². The second-order valence-electron chi connectivity index (χ2n) is 10.9. The van der Waals surface area contributed by atoms with E-state index in [0.29, 0.717) is 29.7 Å². The monoisotopic (exact) mass is 549 g/mol. The highest BCUT2D eigenvalue weighted by atomic mass is 32.2. The van der Waals surface area contributed by atoms with E-state index < -0.39 is 10.0 Å². The van der Waals surface area contributed by atoms with Gasteiger partial charge in [-0.05, 0) is 75.4 Å². The third kappa shape index (κ3) is 6.20. The maximum Gasteiger partial charge on any atom is 0.254 e. The number of pyridine rings is 1. The van der Waals surface area contributed by atoms with Gasteiger partial charge in [-0.25, -0.2) is 23.4 Å². The van der Waals surface area contributed by atoms with Crippen LogP contribution in [0.4, 0.5) is 17.5 Å². The van der Waals surface area contributed by atoms with Gasteiger partial charge in [0.1, 0.15) is 5.82 Å². The van der Waals surface area contributed by atoms with Gasteiger partial charge in [0, 0.05) is 60.9 Å². The van der Waals surface area contributed by atoms with Crippen LogP contribution in [0.1, 0.15) is 58.1 Å². The van der Waals surface area contributed by atoms with Crippen LogP contribution in [0.15, 0.2) is 36.7 Å². The van der Waals surface area contributed by atoms with Crippen molar-refractivity contribution in [2.45, 2.75) is 65.7 Å². The maximum absolute atomic E-state index is 13.5. The van der Waals surface area contributed by atoms with Crippen molar-refractivity contribution in [2.24, 2.45) is 0 Å². The summed E-state index contributed by atoms with van der Waals surface area (Å²) in [6.07, 6.45) is 6.21. The summed E-state index contributed by atoms with van der Waals surface area (Å²) in [6.45, 7) is 10.2. The van der Waals surface area contributed by atoms with Crippen LogP contribution < -0.4 is 10.0 Å². The van der Waals surface area contributed by atoms with Gasteiger partial charge in [0.25, 0.3) is 5.91 Å². The molecule has 0 spiro atoms. The Bertz CT molecular complexity index is 1510. The van der Waals surface area contributed by atoms with Crippen LogP contribution in [0, 0.1) is 20.8 Å². The normalized spacial score (nSPS) is 19.6. The van der Waals surface area contributed by atoms with Gasteiger partial charge < -0.3 is 10.2 Å². The molecule has 5 rings (SSSR count). The number of sulfonamides is 1. The molecule has 0 radical (unpaired) electrons. The van der Waals surface area contributed by atoms with Crippen molar-refractivity contribution in [2.75, 3.05) is 22.8 Å². The third-order valence-corrected chi connectivity index (χ3v) is 7.99. The zero-order valence-electron chi connectivity index (χ0n) is 23.0. The van der Waals surface area contributed by atoms with Gasteiger partial charge >= 0.3 is 0 Å². The predicted molar refractivity (Wildman–Crippen MR) is 151 cm³/mol. The van der Waals surface area contributed by atoms with Crippen LogP contribution in [-0.4, -0.2) is 64.0 Å². The molecule has 11 heteroatoms. The Morgan fingerprint density at radius 1 is 1.03 bits per heavy atom. The summed E-state index contributed by atoms with van der Waals surface area (Å²) in [5, 5.41) is 3.34. The Morgan fingerprint density at radius 2 is 1.77 bits per heavy atom. The lowest BCUT2D eigenvalue weighted by molar-refractivity contribution is 0.0460. The number of carbonyl (C=O) groups excluding carboxylic acids is 1. The molecule has 1 aromatic carbocycles. The van der Waals surface area contributed by atoms with E-state index in [9.17, 15) is 13.2 Å². The standard InChI is InChI=1S/C28H35N7O3S/c1-17-8-18(2)10-22(9-17)31-28-30-14-21-15-34(16-25(21)32-28)23-6-7-35(20(4)11-23)27(36)24-12-26(29-13-19(24)3)33-39(5,37)38/h8-10,12-14,20,23H,6-7,11,15-16H2,1-5H3,(H,29,33)(H,30,31,32)/t20-,23-/m1/s1. The summed E-state index contributed by atoms with van der Waals surface area (Å²) in [6, 6.07) is 8.20. The smallest absolute Gasteiger partial charge is 0.254 e. The van der Waals surface area contributed by atoms with E-state index in [4.69, 9.17) is 4.98 Å².